The van der Waals surface area contributed by atoms with E-state index in [2.05, 4.69) is 11.8 Å². The summed E-state index contributed by atoms with van der Waals surface area (Å²) in [5.41, 5.74) is 0. The first-order valence-corrected chi connectivity index (χ1v) is 3.92. The zero-order valence-corrected chi connectivity index (χ0v) is 7.15. The maximum absolute atomic E-state index is 9.12. The van der Waals surface area contributed by atoms with E-state index in [0.717, 1.165) is 6.42 Å². The van der Waals surface area contributed by atoms with Crippen LogP contribution in [-0.4, -0.2) is 17.1 Å². The second-order valence-corrected chi connectivity index (χ2v) is 2.87. The molecule has 1 N–H and O–H groups in total. The van der Waals surface area contributed by atoms with Crippen LogP contribution >= 0.6 is 11.6 Å². The Morgan fingerprint density at radius 3 is 2.50 bits per heavy atom. The molecule has 1 unspecified atom stereocenters. The molecule has 0 spiro atoms. The van der Waals surface area contributed by atoms with Gasteiger partial charge in [0, 0.05) is 0 Å². The van der Waals surface area contributed by atoms with E-state index in [-0.39, 0.29) is 0 Å². The molecule has 0 saturated heterocycles. The molecule has 1 nitrogen and oxygen atoms in total. The van der Waals surface area contributed by atoms with E-state index < -0.39 is 6.10 Å². The van der Waals surface area contributed by atoms with E-state index in [0.29, 0.717) is 11.8 Å². The summed E-state index contributed by atoms with van der Waals surface area (Å²) in [5.74, 6) is 6.04. The van der Waals surface area contributed by atoms with Crippen molar-refractivity contribution in [3.63, 3.8) is 0 Å². The van der Waals surface area contributed by atoms with Gasteiger partial charge >= 0.3 is 0 Å². The molecule has 0 aliphatic heterocycles. The molecule has 58 valence electrons. The van der Waals surface area contributed by atoms with Crippen LogP contribution in [0.1, 0.15) is 20.3 Å². The predicted molar refractivity (Wildman–Crippen MR) is 44.0 cm³/mol. The van der Waals surface area contributed by atoms with Gasteiger partial charge in [-0.05, 0) is 12.3 Å². The molecule has 0 radical (unpaired) electrons. The largest absolute Gasteiger partial charge is 0.380 e. The van der Waals surface area contributed by atoms with Gasteiger partial charge in [0.05, 0.1) is 5.88 Å². The van der Waals surface area contributed by atoms with Gasteiger partial charge in [-0.15, -0.1) is 11.6 Å². The van der Waals surface area contributed by atoms with E-state index in [1.165, 1.54) is 0 Å². The Morgan fingerprint density at radius 2 is 2.10 bits per heavy atom. The van der Waals surface area contributed by atoms with Crippen molar-refractivity contribution in [1.82, 2.24) is 0 Å². The first kappa shape index (κ1) is 9.81. The van der Waals surface area contributed by atoms with E-state index >= 15 is 0 Å². The highest BCUT2D eigenvalue weighted by Gasteiger charge is 2.01. The van der Waals surface area contributed by atoms with E-state index in [1.807, 2.05) is 13.8 Å². The molecule has 0 fully saturated rings. The highest BCUT2D eigenvalue weighted by molar-refractivity contribution is 6.19. The van der Waals surface area contributed by atoms with Gasteiger partial charge in [-0.3, -0.25) is 0 Å². The van der Waals surface area contributed by atoms with Crippen molar-refractivity contribution in [3.8, 4) is 11.8 Å². The minimum atomic E-state index is -0.501. The average molecular weight is 161 g/mol. The first-order chi connectivity index (χ1) is 4.66. The Balaban J connectivity index is 3.52. The van der Waals surface area contributed by atoms with E-state index in [1.54, 1.807) is 0 Å². The van der Waals surface area contributed by atoms with Crippen LogP contribution < -0.4 is 0 Å². The fourth-order valence-corrected chi connectivity index (χ4v) is 0.739. The molecule has 0 heterocycles. The zero-order valence-electron chi connectivity index (χ0n) is 6.39. The summed E-state index contributed by atoms with van der Waals surface area (Å²) in [6.07, 6.45) is 0.225. The fourth-order valence-electron chi connectivity index (χ4n) is 0.662. The number of hydrogen-bond acceptors (Lipinski definition) is 1. The fraction of sp³-hybridized carbons (Fsp3) is 0.750. The molecule has 0 aromatic rings. The summed E-state index contributed by atoms with van der Waals surface area (Å²) in [5, 5.41) is 9.12. The molecule has 0 saturated carbocycles. The van der Waals surface area contributed by atoms with Crippen LogP contribution in [0.5, 0.6) is 0 Å². The molecular formula is C8H13ClO. The molecule has 0 aliphatic carbocycles. The van der Waals surface area contributed by atoms with Gasteiger partial charge in [0.25, 0.3) is 0 Å². The lowest BCUT2D eigenvalue weighted by Gasteiger charge is -2.04. The van der Waals surface area contributed by atoms with Crippen molar-refractivity contribution in [2.24, 2.45) is 5.92 Å². The SMILES string of the molecule is CC(C)CC(O)C#CCCl. The van der Waals surface area contributed by atoms with Gasteiger partial charge < -0.3 is 5.11 Å². The molecular weight excluding hydrogens is 148 g/mol. The lowest BCUT2D eigenvalue weighted by atomic mass is 10.1. The summed E-state index contributed by atoms with van der Waals surface area (Å²) < 4.78 is 0. The molecule has 0 rings (SSSR count). The summed E-state index contributed by atoms with van der Waals surface area (Å²) in [7, 11) is 0. The Kier molecular flexibility index (Phi) is 5.48. The minimum Gasteiger partial charge on any atom is -0.380 e. The third-order valence-electron chi connectivity index (χ3n) is 1.03. The number of halogens is 1. The topological polar surface area (TPSA) is 20.2 Å². The van der Waals surface area contributed by atoms with Crippen LogP contribution in [0.3, 0.4) is 0 Å². The molecule has 1 atom stereocenters. The molecule has 10 heavy (non-hydrogen) atoms. The van der Waals surface area contributed by atoms with Crippen molar-refractivity contribution < 1.29 is 5.11 Å². The summed E-state index contributed by atoms with van der Waals surface area (Å²) in [4.78, 5) is 0. The van der Waals surface area contributed by atoms with Crippen molar-refractivity contribution in [3.05, 3.63) is 0 Å². The van der Waals surface area contributed by atoms with Gasteiger partial charge in [-0.2, -0.15) is 0 Å². The lowest BCUT2D eigenvalue weighted by Crippen LogP contribution is -2.06. The smallest absolute Gasteiger partial charge is 0.115 e. The maximum Gasteiger partial charge on any atom is 0.115 e. The van der Waals surface area contributed by atoms with E-state index in [4.69, 9.17) is 16.7 Å². The van der Waals surface area contributed by atoms with Gasteiger partial charge in [0.2, 0.25) is 0 Å². The van der Waals surface area contributed by atoms with Crippen molar-refractivity contribution in [2.45, 2.75) is 26.4 Å². The lowest BCUT2D eigenvalue weighted by molar-refractivity contribution is 0.204. The number of aliphatic hydroxyl groups excluding tert-OH is 1. The van der Waals surface area contributed by atoms with Crippen LogP contribution in [0.2, 0.25) is 0 Å². The van der Waals surface area contributed by atoms with Gasteiger partial charge in [-0.25, -0.2) is 0 Å². The molecule has 0 bridgehead atoms. The average Bonchev–Trinajstić information content (AvgIpc) is 1.82. The van der Waals surface area contributed by atoms with Gasteiger partial charge in [-0.1, -0.05) is 25.7 Å². The van der Waals surface area contributed by atoms with Crippen molar-refractivity contribution in [2.75, 3.05) is 5.88 Å². The molecule has 2 heteroatoms. The third kappa shape index (κ3) is 5.94. The summed E-state index contributed by atoms with van der Waals surface area (Å²) in [6.45, 7) is 4.09. The molecule has 0 amide bonds. The molecule has 0 aromatic heterocycles. The van der Waals surface area contributed by atoms with Crippen LogP contribution in [-0.2, 0) is 0 Å². The van der Waals surface area contributed by atoms with Crippen molar-refractivity contribution in [1.29, 1.82) is 0 Å². The second kappa shape index (κ2) is 5.58. The van der Waals surface area contributed by atoms with E-state index in [9.17, 15) is 0 Å². The molecule has 0 aliphatic rings. The number of rotatable bonds is 2. The quantitative estimate of drug-likeness (QED) is 0.481. The second-order valence-electron chi connectivity index (χ2n) is 2.60. The summed E-state index contributed by atoms with van der Waals surface area (Å²) in [6, 6.07) is 0. The molecule has 0 aromatic carbocycles. The van der Waals surface area contributed by atoms with Gasteiger partial charge in [0.1, 0.15) is 6.10 Å². The highest BCUT2D eigenvalue weighted by atomic mass is 35.5. The monoisotopic (exact) mass is 160 g/mol. The highest BCUT2D eigenvalue weighted by Crippen LogP contribution is 2.02. The number of alkyl halides is 1. The van der Waals surface area contributed by atoms with Gasteiger partial charge in [0.15, 0.2) is 0 Å². The maximum atomic E-state index is 9.12. The van der Waals surface area contributed by atoms with Crippen LogP contribution in [0, 0.1) is 17.8 Å². The van der Waals surface area contributed by atoms with Crippen molar-refractivity contribution >= 4 is 11.6 Å². The first-order valence-electron chi connectivity index (χ1n) is 3.39. The van der Waals surface area contributed by atoms with Crippen LogP contribution in [0.15, 0.2) is 0 Å². The Morgan fingerprint density at radius 1 is 1.50 bits per heavy atom. The Labute approximate surface area is 67.4 Å². The predicted octanol–water partition coefficient (Wildman–Crippen LogP) is 1.64. The van der Waals surface area contributed by atoms with Crippen LogP contribution in [0.4, 0.5) is 0 Å². The minimum absolute atomic E-state index is 0.301. The third-order valence-corrected chi connectivity index (χ3v) is 1.16. The normalized spacial score (nSPS) is 12.5. The van der Waals surface area contributed by atoms with Crippen LogP contribution in [0.25, 0.3) is 0 Å². The number of aliphatic hydroxyl groups is 1. The Bertz CT molecular complexity index is 132. The number of hydrogen-bond donors (Lipinski definition) is 1. The summed E-state index contributed by atoms with van der Waals surface area (Å²) >= 11 is 5.30. The Hall–Kier alpha value is -0.190. The standard InChI is InChI=1S/C8H13ClO/c1-7(2)6-8(10)4-3-5-9/h7-8,10H,5-6H2,1-2H3. The zero-order chi connectivity index (χ0) is 7.98.